The molecule has 0 unspecified atom stereocenters. The lowest BCUT2D eigenvalue weighted by Gasteiger charge is -2.29. The molecule has 1 fully saturated rings. The van der Waals surface area contributed by atoms with Crippen LogP contribution in [0.5, 0.6) is 0 Å². The molecule has 0 aromatic heterocycles. The van der Waals surface area contributed by atoms with Crippen LogP contribution in [-0.2, 0) is 4.79 Å². The van der Waals surface area contributed by atoms with E-state index in [0.717, 1.165) is 31.8 Å². The molecule has 1 heterocycles. The highest BCUT2D eigenvalue weighted by atomic mass is 16.1. The smallest absolute Gasteiger partial charge is 0.207 e. The van der Waals surface area contributed by atoms with Gasteiger partial charge in [-0.3, -0.25) is 4.79 Å². The number of nitrogens with zero attached hydrogens (tertiary/aromatic N) is 1. The lowest BCUT2D eigenvalue weighted by molar-refractivity contribution is -0.109. The van der Waals surface area contributed by atoms with Crippen molar-refractivity contribution in [2.75, 3.05) is 26.2 Å². The molecule has 13 heavy (non-hydrogen) atoms. The van der Waals surface area contributed by atoms with E-state index >= 15 is 0 Å². The fourth-order valence-corrected chi connectivity index (χ4v) is 1.75. The number of carbonyl (C=O) groups is 1. The third-order valence-corrected chi connectivity index (χ3v) is 2.76. The Balaban J connectivity index is 1.99. The summed E-state index contributed by atoms with van der Waals surface area (Å²) in [6.45, 7) is 6.75. The molecule has 0 bridgehead atoms. The van der Waals surface area contributed by atoms with Crippen molar-refractivity contribution < 1.29 is 4.79 Å². The average Bonchev–Trinajstić information content (AvgIpc) is 2.15. The zero-order valence-electron chi connectivity index (χ0n) is 8.46. The minimum atomic E-state index is 0.776. The zero-order valence-corrected chi connectivity index (χ0v) is 8.46. The number of hydrogen-bond donors (Lipinski definition) is 1. The Morgan fingerprint density at radius 2 is 2.15 bits per heavy atom. The summed E-state index contributed by atoms with van der Waals surface area (Å²) in [5, 5.41) is 2.69. The van der Waals surface area contributed by atoms with Gasteiger partial charge >= 0.3 is 0 Å². The molecule has 0 aliphatic carbocycles. The summed E-state index contributed by atoms with van der Waals surface area (Å²) < 4.78 is 0. The van der Waals surface area contributed by atoms with E-state index < -0.39 is 0 Å². The van der Waals surface area contributed by atoms with Crippen LogP contribution < -0.4 is 5.32 Å². The van der Waals surface area contributed by atoms with E-state index in [-0.39, 0.29) is 0 Å². The number of carbonyl (C=O) groups excluding carboxylic acids is 1. The highest BCUT2D eigenvalue weighted by molar-refractivity contribution is 5.45. The first kappa shape index (κ1) is 10.5. The molecular weight excluding hydrogens is 164 g/mol. The van der Waals surface area contributed by atoms with Crippen LogP contribution in [0.2, 0.25) is 0 Å². The molecule has 1 saturated heterocycles. The van der Waals surface area contributed by atoms with Crippen molar-refractivity contribution in [2.24, 2.45) is 5.92 Å². The maximum absolute atomic E-state index is 9.97. The van der Waals surface area contributed by atoms with Crippen LogP contribution >= 0.6 is 0 Å². The number of piperidine rings is 1. The molecular formula is C10H20N2O. The third-order valence-electron chi connectivity index (χ3n) is 2.76. The van der Waals surface area contributed by atoms with Crippen molar-refractivity contribution in [1.29, 1.82) is 0 Å². The zero-order chi connectivity index (χ0) is 9.52. The number of likely N-dealkylation sites (tertiary alicyclic amines) is 1. The summed E-state index contributed by atoms with van der Waals surface area (Å²) in [5.74, 6) is 0.907. The van der Waals surface area contributed by atoms with E-state index in [1.807, 2.05) is 0 Å². The second-order valence-electron chi connectivity index (χ2n) is 3.95. The van der Waals surface area contributed by atoms with E-state index in [4.69, 9.17) is 0 Å². The van der Waals surface area contributed by atoms with Gasteiger partial charge in [0.25, 0.3) is 0 Å². The van der Waals surface area contributed by atoms with Gasteiger partial charge in [-0.1, -0.05) is 6.92 Å². The number of rotatable bonds is 5. The SMILES string of the molecule is CC1CCN(CCCNC=O)CC1. The number of amides is 1. The lowest BCUT2D eigenvalue weighted by Crippen LogP contribution is -2.34. The predicted octanol–water partition coefficient (Wildman–Crippen LogP) is 0.854. The van der Waals surface area contributed by atoms with Crippen LogP contribution in [0, 0.1) is 5.92 Å². The van der Waals surface area contributed by atoms with Crippen LogP contribution in [0.25, 0.3) is 0 Å². The fraction of sp³-hybridized carbons (Fsp3) is 0.900. The summed E-state index contributed by atoms with van der Waals surface area (Å²) in [5.41, 5.74) is 0. The van der Waals surface area contributed by atoms with Crippen molar-refractivity contribution in [3.05, 3.63) is 0 Å². The summed E-state index contributed by atoms with van der Waals surface area (Å²) in [7, 11) is 0. The van der Waals surface area contributed by atoms with Crippen molar-refractivity contribution in [1.82, 2.24) is 10.2 Å². The fourth-order valence-electron chi connectivity index (χ4n) is 1.75. The Kier molecular flexibility index (Phi) is 4.83. The quantitative estimate of drug-likeness (QED) is 0.507. The van der Waals surface area contributed by atoms with Gasteiger partial charge in [-0.15, -0.1) is 0 Å². The van der Waals surface area contributed by atoms with Crippen LogP contribution in [-0.4, -0.2) is 37.5 Å². The van der Waals surface area contributed by atoms with Gasteiger partial charge < -0.3 is 10.2 Å². The molecule has 0 aromatic carbocycles. The highest BCUT2D eigenvalue weighted by Crippen LogP contribution is 2.15. The van der Waals surface area contributed by atoms with Gasteiger partial charge in [0.2, 0.25) is 6.41 Å². The van der Waals surface area contributed by atoms with Crippen molar-refractivity contribution >= 4 is 6.41 Å². The minimum absolute atomic E-state index is 0.776. The van der Waals surface area contributed by atoms with Gasteiger partial charge in [-0.25, -0.2) is 0 Å². The first-order chi connectivity index (χ1) is 6.33. The predicted molar refractivity (Wildman–Crippen MR) is 53.5 cm³/mol. The maximum Gasteiger partial charge on any atom is 0.207 e. The molecule has 3 heteroatoms. The van der Waals surface area contributed by atoms with E-state index in [9.17, 15) is 4.79 Å². The molecule has 3 nitrogen and oxygen atoms in total. The number of hydrogen-bond acceptors (Lipinski definition) is 2. The van der Waals surface area contributed by atoms with E-state index in [1.165, 1.54) is 25.9 Å². The Morgan fingerprint density at radius 1 is 1.46 bits per heavy atom. The lowest BCUT2D eigenvalue weighted by atomic mass is 9.99. The van der Waals surface area contributed by atoms with Gasteiger partial charge in [0, 0.05) is 6.54 Å². The largest absolute Gasteiger partial charge is 0.359 e. The molecule has 76 valence electrons. The van der Waals surface area contributed by atoms with E-state index in [1.54, 1.807) is 0 Å². The summed E-state index contributed by atoms with van der Waals surface area (Å²) >= 11 is 0. The molecule has 1 rings (SSSR count). The van der Waals surface area contributed by atoms with Crippen molar-refractivity contribution in [2.45, 2.75) is 26.2 Å². The van der Waals surface area contributed by atoms with Crippen LogP contribution in [0.1, 0.15) is 26.2 Å². The van der Waals surface area contributed by atoms with Crippen LogP contribution in [0.3, 0.4) is 0 Å². The van der Waals surface area contributed by atoms with Gasteiger partial charge in [0.05, 0.1) is 0 Å². The Bertz CT molecular complexity index is 142. The molecule has 1 aliphatic heterocycles. The summed E-state index contributed by atoms with van der Waals surface area (Å²) in [6.07, 6.45) is 4.52. The van der Waals surface area contributed by atoms with Gasteiger partial charge in [0.1, 0.15) is 0 Å². The second kappa shape index (κ2) is 5.97. The molecule has 1 amide bonds. The normalized spacial score (nSPS) is 20.1. The van der Waals surface area contributed by atoms with Gasteiger partial charge in [0.15, 0.2) is 0 Å². The molecule has 0 radical (unpaired) electrons. The monoisotopic (exact) mass is 184 g/mol. The summed E-state index contributed by atoms with van der Waals surface area (Å²) in [6, 6.07) is 0. The topological polar surface area (TPSA) is 32.3 Å². The molecule has 0 saturated carbocycles. The molecule has 0 atom stereocenters. The maximum atomic E-state index is 9.97. The Morgan fingerprint density at radius 3 is 2.77 bits per heavy atom. The first-order valence-electron chi connectivity index (χ1n) is 5.22. The molecule has 1 aliphatic rings. The third kappa shape index (κ3) is 4.27. The summed E-state index contributed by atoms with van der Waals surface area (Å²) in [4.78, 5) is 12.5. The van der Waals surface area contributed by atoms with E-state index in [0.29, 0.717) is 0 Å². The number of nitrogens with one attached hydrogen (secondary N) is 1. The minimum Gasteiger partial charge on any atom is -0.359 e. The standard InChI is InChI=1S/C10H20N2O/c1-10-3-7-12(8-4-10)6-2-5-11-9-13/h9-10H,2-8H2,1H3,(H,11,13). The highest BCUT2D eigenvalue weighted by Gasteiger charge is 2.14. The van der Waals surface area contributed by atoms with Crippen LogP contribution in [0.4, 0.5) is 0 Å². The van der Waals surface area contributed by atoms with E-state index in [2.05, 4.69) is 17.1 Å². The molecule has 0 aromatic rings. The Labute approximate surface area is 80.5 Å². The van der Waals surface area contributed by atoms with Crippen molar-refractivity contribution in [3.63, 3.8) is 0 Å². The molecule has 0 spiro atoms. The van der Waals surface area contributed by atoms with Gasteiger partial charge in [-0.2, -0.15) is 0 Å². The van der Waals surface area contributed by atoms with Crippen molar-refractivity contribution in [3.8, 4) is 0 Å². The van der Waals surface area contributed by atoms with Gasteiger partial charge in [-0.05, 0) is 44.8 Å². The second-order valence-corrected chi connectivity index (χ2v) is 3.95. The first-order valence-corrected chi connectivity index (χ1v) is 5.22. The average molecular weight is 184 g/mol. The molecule has 1 N–H and O–H groups in total. The Hall–Kier alpha value is -0.570. The van der Waals surface area contributed by atoms with Crippen LogP contribution in [0.15, 0.2) is 0 Å².